The first-order chi connectivity index (χ1) is 7.74. The molecule has 0 aromatic heterocycles. The highest BCUT2D eigenvalue weighted by molar-refractivity contribution is 4.63. The second-order valence-electron chi connectivity index (χ2n) is 4.77. The molecule has 16 heavy (non-hydrogen) atoms. The van der Waals surface area contributed by atoms with E-state index in [0.29, 0.717) is 12.1 Å². The molecule has 0 saturated carbocycles. The van der Waals surface area contributed by atoms with E-state index in [0.717, 1.165) is 6.61 Å². The fourth-order valence-electron chi connectivity index (χ4n) is 1.88. The quantitative estimate of drug-likeness (QED) is 0.545. The highest BCUT2D eigenvalue weighted by Gasteiger charge is 2.08. The molecule has 2 atom stereocenters. The number of nitrogens with one attached hydrogen (secondary N) is 1. The van der Waals surface area contributed by atoms with E-state index in [1.807, 2.05) is 7.05 Å². The highest BCUT2D eigenvalue weighted by atomic mass is 16.5. The van der Waals surface area contributed by atoms with Crippen LogP contribution in [0.3, 0.4) is 0 Å². The molecule has 0 heterocycles. The van der Waals surface area contributed by atoms with Crippen LogP contribution in [0.5, 0.6) is 0 Å². The lowest BCUT2D eigenvalue weighted by atomic mass is 10.1. The summed E-state index contributed by atoms with van der Waals surface area (Å²) in [5, 5.41) is 3.31. The molecule has 0 aromatic carbocycles. The molecule has 2 unspecified atom stereocenters. The third-order valence-corrected chi connectivity index (χ3v) is 3.09. The minimum atomic E-state index is 0.421. The van der Waals surface area contributed by atoms with Gasteiger partial charge in [-0.05, 0) is 26.8 Å². The number of ether oxygens (including phenoxy) is 1. The van der Waals surface area contributed by atoms with Crippen LogP contribution < -0.4 is 5.32 Å². The molecule has 0 aromatic rings. The number of rotatable bonds is 11. The fraction of sp³-hybridized carbons (Fsp3) is 1.00. The van der Waals surface area contributed by atoms with Crippen molar-refractivity contribution in [2.45, 2.75) is 77.9 Å². The fourth-order valence-corrected chi connectivity index (χ4v) is 1.88. The van der Waals surface area contributed by atoms with Gasteiger partial charge >= 0.3 is 0 Å². The minimum Gasteiger partial charge on any atom is -0.377 e. The van der Waals surface area contributed by atoms with Crippen molar-refractivity contribution < 1.29 is 4.74 Å². The Bertz CT molecular complexity index is 139. The van der Waals surface area contributed by atoms with Crippen molar-refractivity contribution in [3.63, 3.8) is 0 Å². The lowest BCUT2D eigenvalue weighted by Gasteiger charge is -2.19. The van der Waals surface area contributed by atoms with Gasteiger partial charge in [-0.1, -0.05) is 46.0 Å². The van der Waals surface area contributed by atoms with Crippen LogP contribution in [-0.2, 0) is 4.74 Å². The van der Waals surface area contributed by atoms with Gasteiger partial charge in [-0.3, -0.25) is 0 Å². The Labute approximate surface area is 102 Å². The Morgan fingerprint density at radius 1 is 1.00 bits per heavy atom. The van der Waals surface area contributed by atoms with Gasteiger partial charge < -0.3 is 10.1 Å². The molecule has 2 nitrogen and oxygen atoms in total. The van der Waals surface area contributed by atoms with E-state index in [-0.39, 0.29) is 0 Å². The molecule has 0 spiro atoms. The summed E-state index contributed by atoms with van der Waals surface area (Å²) >= 11 is 0. The summed E-state index contributed by atoms with van der Waals surface area (Å²) in [5.74, 6) is 0. The van der Waals surface area contributed by atoms with Crippen LogP contribution in [0.2, 0.25) is 0 Å². The first kappa shape index (κ1) is 15.9. The molecule has 98 valence electrons. The van der Waals surface area contributed by atoms with Gasteiger partial charge in [-0.2, -0.15) is 0 Å². The summed E-state index contributed by atoms with van der Waals surface area (Å²) in [6.07, 6.45) is 9.41. The van der Waals surface area contributed by atoms with Gasteiger partial charge in [-0.25, -0.2) is 0 Å². The van der Waals surface area contributed by atoms with Gasteiger partial charge in [0.15, 0.2) is 0 Å². The molecule has 0 amide bonds. The van der Waals surface area contributed by atoms with Gasteiger partial charge in [0.25, 0.3) is 0 Å². The predicted molar refractivity (Wildman–Crippen MR) is 71.9 cm³/mol. The Kier molecular flexibility index (Phi) is 11.3. The summed E-state index contributed by atoms with van der Waals surface area (Å²) in [5.41, 5.74) is 0. The van der Waals surface area contributed by atoms with E-state index < -0.39 is 0 Å². The maximum Gasteiger partial charge on any atom is 0.0623 e. The van der Waals surface area contributed by atoms with Crippen LogP contribution in [0.25, 0.3) is 0 Å². The molecule has 1 N–H and O–H groups in total. The molecule has 0 fully saturated rings. The Balaban J connectivity index is 3.43. The Morgan fingerprint density at radius 3 is 2.31 bits per heavy atom. The average Bonchev–Trinajstić information content (AvgIpc) is 2.30. The first-order valence-corrected chi connectivity index (χ1v) is 7.03. The highest BCUT2D eigenvalue weighted by Crippen LogP contribution is 2.08. The molecule has 0 bridgehead atoms. The first-order valence-electron chi connectivity index (χ1n) is 7.03. The normalized spacial score (nSPS) is 15.0. The van der Waals surface area contributed by atoms with Crippen molar-refractivity contribution in [3.05, 3.63) is 0 Å². The molecule has 0 radical (unpaired) electrons. The molecule has 0 aliphatic carbocycles. The third kappa shape index (κ3) is 9.17. The van der Waals surface area contributed by atoms with Crippen LogP contribution in [0, 0.1) is 0 Å². The maximum absolute atomic E-state index is 5.87. The van der Waals surface area contributed by atoms with Gasteiger partial charge in [0.05, 0.1) is 12.7 Å². The summed E-state index contributed by atoms with van der Waals surface area (Å²) in [7, 11) is 2.02. The molecular formula is C14H31NO. The van der Waals surface area contributed by atoms with Crippen LogP contribution >= 0.6 is 0 Å². The zero-order chi connectivity index (χ0) is 12.2. The van der Waals surface area contributed by atoms with Crippen molar-refractivity contribution in [3.8, 4) is 0 Å². The van der Waals surface area contributed by atoms with Crippen molar-refractivity contribution in [2.24, 2.45) is 0 Å². The molecule has 0 aliphatic rings. The van der Waals surface area contributed by atoms with Crippen LogP contribution in [-0.4, -0.2) is 25.8 Å². The number of unbranched alkanes of at least 4 members (excludes halogenated alkanes) is 3. The number of likely N-dealkylation sites (N-methyl/N-ethyl adjacent to an activating group) is 1. The van der Waals surface area contributed by atoms with E-state index in [1.54, 1.807) is 0 Å². The number of hydrogen-bond donors (Lipinski definition) is 1. The molecule has 0 saturated heterocycles. The third-order valence-electron chi connectivity index (χ3n) is 3.09. The van der Waals surface area contributed by atoms with Crippen molar-refractivity contribution in [1.29, 1.82) is 0 Å². The summed E-state index contributed by atoms with van der Waals surface area (Å²) in [6, 6.07) is 0.531. The van der Waals surface area contributed by atoms with Crippen molar-refractivity contribution >= 4 is 0 Å². The van der Waals surface area contributed by atoms with E-state index in [9.17, 15) is 0 Å². The van der Waals surface area contributed by atoms with Gasteiger partial charge in [0.2, 0.25) is 0 Å². The van der Waals surface area contributed by atoms with Gasteiger partial charge in [0.1, 0.15) is 0 Å². The topological polar surface area (TPSA) is 21.3 Å². The summed E-state index contributed by atoms with van der Waals surface area (Å²) < 4.78 is 5.87. The SMILES string of the molecule is CCCCCCC(C)OCC(CCC)NC. The molecular weight excluding hydrogens is 198 g/mol. The predicted octanol–water partition coefficient (Wildman–Crippen LogP) is 3.75. The smallest absolute Gasteiger partial charge is 0.0623 e. The monoisotopic (exact) mass is 229 g/mol. The van der Waals surface area contributed by atoms with E-state index >= 15 is 0 Å². The molecule has 0 aliphatic heterocycles. The van der Waals surface area contributed by atoms with Crippen LogP contribution in [0.4, 0.5) is 0 Å². The van der Waals surface area contributed by atoms with E-state index in [2.05, 4.69) is 26.1 Å². The van der Waals surface area contributed by atoms with Gasteiger partial charge in [0, 0.05) is 6.04 Å². The lowest BCUT2D eigenvalue weighted by Crippen LogP contribution is -2.31. The van der Waals surface area contributed by atoms with Crippen LogP contribution in [0.15, 0.2) is 0 Å². The Morgan fingerprint density at radius 2 is 1.75 bits per heavy atom. The lowest BCUT2D eigenvalue weighted by molar-refractivity contribution is 0.0428. The van der Waals surface area contributed by atoms with E-state index in [4.69, 9.17) is 4.74 Å². The average molecular weight is 229 g/mol. The zero-order valence-corrected chi connectivity index (χ0v) is 11.7. The van der Waals surface area contributed by atoms with Gasteiger partial charge in [-0.15, -0.1) is 0 Å². The van der Waals surface area contributed by atoms with E-state index in [1.165, 1.54) is 44.9 Å². The maximum atomic E-state index is 5.87. The summed E-state index contributed by atoms with van der Waals surface area (Å²) in [4.78, 5) is 0. The van der Waals surface area contributed by atoms with Crippen LogP contribution in [0.1, 0.15) is 65.7 Å². The zero-order valence-electron chi connectivity index (χ0n) is 11.7. The summed E-state index contributed by atoms with van der Waals surface area (Å²) in [6.45, 7) is 7.53. The standard InChI is InChI=1S/C14H31NO/c1-5-7-8-9-11-13(3)16-12-14(15-4)10-6-2/h13-15H,5-12H2,1-4H3. The van der Waals surface area contributed by atoms with Crippen molar-refractivity contribution in [1.82, 2.24) is 5.32 Å². The largest absolute Gasteiger partial charge is 0.377 e. The second-order valence-corrected chi connectivity index (χ2v) is 4.77. The van der Waals surface area contributed by atoms with Crippen molar-refractivity contribution in [2.75, 3.05) is 13.7 Å². The number of hydrogen-bond acceptors (Lipinski definition) is 2. The second kappa shape index (κ2) is 11.4. The Hall–Kier alpha value is -0.0800. The minimum absolute atomic E-state index is 0.421. The molecule has 2 heteroatoms. The molecule has 0 rings (SSSR count).